The zero-order chi connectivity index (χ0) is 16.4. The molecular weight excluding hydrogens is 296 g/mol. The van der Waals surface area contributed by atoms with Gasteiger partial charge in [0.25, 0.3) is 0 Å². The number of hydrogen-bond donors (Lipinski definition) is 3. The van der Waals surface area contributed by atoms with Crippen molar-refractivity contribution in [1.82, 2.24) is 15.0 Å². The molecule has 0 bridgehead atoms. The molecule has 3 aromatic rings. The number of methoxy groups -OCH3 is 1. The average Bonchev–Trinajstić information content (AvgIpc) is 3.05. The highest BCUT2D eigenvalue weighted by atomic mass is 16.5. The predicted molar refractivity (Wildman–Crippen MR) is 85.2 cm³/mol. The fourth-order valence-electron chi connectivity index (χ4n) is 2.18. The Balaban J connectivity index is 2.06. The largest absolute Gasteiger partial charge is 0.497 e. The lowest BCUT2D eigenvalue weighted by molar-refractivity contribution is 0.0691. The summed E-state index contributed by atoms with van der Waals surface area (Å²) in [6.45, 7) is 0. The maximum atomic E-state index is 11.0. The zero-order valence-electron chi connectivity index (χ0n) is 12.3. The van der Waals surface area contributed by atoms with E-state index in [-0.39, 0.29) is 5.69 Å². The minimum atomic E-state index is -1.04. The molecule has 0 fully saturated rings. The summed E-state index contributed by atoms with van der Waals surface area (Å²) in [7, 11) is 1.58. The third kappa shape index (κ3) is 2.84. The Labute approximate surface area is 131 Å². The number of aromatic amines is 1. The van der Waals surface area contributed by atoms with Crippen LogP contribution in [0.3, 0.4) is 0 Å². The van der Waals surface area contributed by atoms with E-state index >= 15 is 0 Å². The van der Waals surface area contributed by atoms with E-state index in [0.717, 1.165) is 5.56 Å². The second-order valence-corrected chi connectivity index (χ2v) is 4.84. The molecule has 0 atom stereocenters. The summed E-state index contributed by atoms with van der Waals surface area (Å²) < 4.78 is 5.19. The molecule has 116 valence electrons. The monoisotopic (exact) mass is 310 g/mol. The number of ether oxygens (including phenoxy) is 1. The van der Waals surface area contributed by atoms with Crippen molar-refractivity contribution in [3.8, 4) is 28.4 Å². The number of aromatic carboxylic acids is 1. The van der Waals surface area contributed by atoms with Crippen molar-refractivity contribution >= 4 is 11.7 Å². The molecule has 0 amide bonds. The molecular formula is C16H14N4O3. The van der Waals surface area contributed by atoms with Gasteiger partial charge in [-0.25, -0.2) is 14.8 Å². The first kappa shape index (κ1) is 14.6. The van der Waals surface area contributed by atoms with Crippen molar-refractivity contribution < 1.29 is 14.6 Å². The molecule has 0 radical (unpaired) electrons. The summed E-state index contributed by atoms with van der Waals surface area (Å²) in [5.74, 6) is 0.127. The Morgan fingerprint density at radius 2 is 2.13 bits per heavy atom. The third-order valence-corrected chi connectivity index (χ3v) is 3.33. The van der Waals surface area contributed by atoms with Crippen molar-refractivity contribution in [2.75, 3.05) is 12.8 Å². The normalized spacial score (nSPS) is 10.5. The Kier molecular flexibility index (Phi) is 3.68. The van der Waals surface area contributed by atoms with Gasteiger partial charge in [0.1, 0.15) is 11.4 Å². The van der Waals surface area contributed by atoms with Crippen LogP contribution in [-0.4, -0.2) is 33.1 Å². The highest BCUT2D eigenvalue weighted by Crippen LogP contribution is 2.27. The minimum absolute atomic E-state index is 0.0703. The number of benzene rings is 1. The fraction of sp³-hybridized carbons (Fsp3) is 0.0625. The van der Waals surface area contributed by atoms with Crippen LogP contribution in [-0.2, 0) is 0 Å². The van der Waals surface area contributed by atoms with E-state index in [9.17, 15) is 4.79 Å². The lowest BCUT2D eigenvalue weighted by Crippen LogP contribution is -1.98. The summed E-state index contributed by atoms with van der Waals surface area (Å²) in [4.78, 5) is 22.3. The van der Waals surface area contributed by atoms with Gasteiger partial charge in [-0.15, -0.1) is 0 Å². The van der Waals surface area contributed by atoms with Crippen molar-refractivity contribution in [3.05, 3.63) is 48.4 Å². The van der Waals surface area contributed by atoms with Crippen LogP contribution in [0.1, 0.15) is 10.5 Å². The molecule has 3 rings (SSSR count). The Morgan fingerprint density at radius 3 is 2.83 bits per heavy atom. The standard InChI is InChI=1S/C16H14N4O3/c1-23-11-4-2-3-9(5-11)15-19-8-12(17)14(20-15)10-6-13(16(21)22)18-7-10/h2-8,18H,17H2,1H3,(H,21,22). The molecule has 0 unspecified atom stereocenters. The second kappa shape index (κ2) is 5.80. The Hall–Kier alpha value is -3.35. The van der Waals surface area contributed by atoms with Gasteiger partial charge < -0.3 is 20.6 Å². The summed E-state index contributed by atoms with van der Waals surface area (Å²) in [6.07, 6.45) is 3.06. The Bertz CT molecular complexity index is 873. The van der Waals surface area contributed by atoms with Gasteiger partial charge in [-0.3, -0.25) is 0 Å². The van der Waals surface area contributed by atoms with Gasteiger partial charge in [-0.05, 0) is 18.2 Å². The summed E-state index contributed by atoms with van der Waals surface area (Å²) in [6, 6.07) is 8.82. The predicted octanol–water partition coefficient (Wildman–Crippen LogP) is 2.43. The van der Waals surface area contributed by atoms with Gasteiger partial charge in [-0.2, -0.15) is 0 Å². The molecule has 0 aliphatic rings. The van der Waals surface area contributed by atoms with Crippen LogP contribution >= 0.6 is 0 Å². The molecule has 23 heavy (non-hydrogen) atoms. The van der Waals surface area contributed by atoms with Crippen LogP contribution in [0.2, 0.25) is 0 Å². The summed E-state index contributed by atoms with van der Waals surface area (Å²) >= 11 is 0. The molecule has 7 heteroatoms. The fourth-order valence-corrected chi connectivity index (χ4v) is 2.18. The highest BCUT2D eigenvalue weighted by Gasteiger charge is 2.13. The number of carboxylic acids is 1. The molecule has 0 saturated heterocycles. The van der Waals surface area contributed by atoms with Gasteiger partial charge in [0.2, 0.25) is 0 Å². The molecule has 4 N–H and O–H groups in total. The minimum Gasteiger partial charge on any atom is -0.497 e. The van der Waals surface area contributed by atoms with E-state index < -0.39 is 5.97 Å². The topological polar surface area (TPSA) is 114 Å². The number of H-pyrrole nitrogens is 1. The van der Waals surface area contributed by atoms with Crippen molar-refractivity contribution in [2.24, 2.45) is 0 Å². The van der Waals surface area contributed by atoms with Gasteiger partial charge in [0.05, 0.1) is 24.7 Å². The van der Waals surface area contributed by atoms with Crippen molar-refractivity contribution in [2.45, 2.75) is 0 Å². The Morgan fingerprint density at radius 1 is 1.30 bits per heavy atom. The van der Waals surface area contributed by atoms with Crippen LogP contribution in [0, 0.1) is 0 Å². The first-order valence-corrected chi connectivity index (χ1v) is 6.77. The molecule has 2 heterocycles. The third-order valence-electron chi connectivity index (χ3n) is 3.33. The van der Waals surface area contributed by atoms with E-state index in [1.807, 2.05) is 24.3 Å². The number of nitrogen functional groups attached to an aromatic ring is 1. The highest BCUT2D eigenvalue weighted by molar-refractivity contribution is 5.88. The van der Waals surface area contributed by atoms with Crippen LogP contribution < -0.4 is 10.5 Å². The first-order valence-electron chi connectivity index (χ1n) is 6.77. The SMILES string of the molecule is COc1cccc(-c2ncc(N)c(-c3c[nH]c(C(=O)O)c3)n2)c1. The number of carbonyl (C=O) groups is 1. The number of rotatable bonds is 4. The van der Waals surface area contributed by atoms with E-state index in [2.05, 4.69) is 15.0 Å². The lowest BCUT2D eigenvalue weighted by atomic mass is 10.1. The second-order valence-electron chi connectivity index (χ2n) is 4.84. The van der Waals surface area contributed by atoms with E-state index in [1.165, 1.54) is 12.3 Å². The summed E-state index contributed by atoms with van der Waals surface area (Å²) in [5.41, 5.74) is 8.21. The van der Waals surface area contributed by atoms with Crippen LogP contribution in [0.5, 0.6) is 5.75 Å². The maximum absolute atomic E-state index is 11.0. The number of nitrogens with two attached hydrogens (primary N) is 1. The number of carboxylic acid groups (broad SMARTS) is 1. The molecule has 0 aliphatic heterocycles. The van der Waals surface area contributed by atoms with Crippen LogP contribution in [0.15, 0.2) is 42.7 Å². The molecule has 2 aromatic heterocycles. The number of hydrogen-bond acceptors (Lipinski definition) is 5. The van der Waals surface area contributed by atoms with Crippen LogP contribution in [0.4, 0.5) is 5.69 Å². The molecule has 0 saturated carbocycles. The van der Waals surface area contributed by atoms with Gasteiger partial charge in [0, 0.05) is 17.3 Å². The number of anilines is 1. The van der Waals surface area contributed by atoms with Gasteiger partial charge >= 0.3 is 5.97 Å². The quantitative estimate of drug-likeness (QED) is 0.682. The van der Waals surface area contributed by atoms with E-state index in [4.69, 9.17) is 15.6 Å². The molecule has 0 spiro atoms. The number of nitrogens with zero attached hydrogens (tertiary/aromatic N) is 2. The summed E-state index contributed by atoms with van der Waals surface area (Å²) in [5, 5.41) is 9.00. The van der Waals surface area contributed by atoms with Crippen molar-refractivity contribution in [1.29, 1.82) is 0 Å². The number of aromatic nitrogens is 3. The lowest BCUT2D eigenvalue weighted by Gasteiger charge is -2.07. The van der Waals surface area contributed by atoms with Gasteiger partial charge in [-0.1, -0.05) is 12.1 Å². The first-order chi connectivity index (χ1) is 11.1. The van der Waals surface area contributed by atoms with Crippen molar-refractivity contribution in [3.63, 3.8) is 0 Å². The maximum Gasteiger partial charge on any atom is 0.352 e. The van der Waals surface area contributed by atoms with E-state index in [0.29, 0.717) is 28.5 Å². The zero-order valence-corrected chi connectivity index (χ0v) is 12.3. The van der Waals surface area contributed by atoms with E-state index in [1.54, 1.807) is 13.3 Å². The molecule has 0 aliphatic carbocycles. The number of nitrogens with one attached hydrogen (secondary N) is 1. The average molecular weight is 310 g/mol. The molecule has 1 aromatic carbocycles. The smallest absolute Gasteiger partial charge is 0.352 e. The van der Waals surface area contributed by atoms with Gasteiger partial charge in [0.15, 0.2) is 5.82 Å². The molecule has 7 nitrogen and oxygen atoms in total. The van der Waals surface area contributed by atoms with Crippen LogP contribution in [0.25, 0.3) is 22.6 Å².